The van der Waals surface area contributed by atoms with Gasteiger partial charge in [-0.2, -0.15) is 0 Å². The van der Waals surface area contributed by atoms with Crippen LogP contribution >= 0.6 is 0 Å². The average Bonchev–Trinajstić information content (AvgIpc) is 2.25. The van der Waals surface area contributed by atoms with Gasteiger partial charge in [0.2, 0.25) is 10.0 Å². The van der Waals surface area contributed by atoms with Gasteiger partial charge in [-0.3, -0.25) is 0 Å². The van der Waals surface area contributed by atoms with Gasteiger partial charge in [-0.05, 0) is 24.7 Å². The first-order valence-corrected chi connectivity index (χ1v) is 6.86. The van der Waals surface area contributed by atoms with E-state index in [1.807, 2.05) is 0 Å². The molecule has 0 aliphatic heterocycles. The summed E-state index contributed by atoms with van der Waals surface area (Å²) < 4.78 is 25.1. The fourth-order valence-corrected chi connectivity index (χ4v) is 3.44. The van der Waals surface area contributed by atoms with Crippen molar-refractivity contribution in [2.24, 2.45) is 17.6 Å². The molecule has 4 nitrogen and oxygen atoms in total. The molecule has 2 atom stereocenters. The molecular weight excluding hydrogens is 200 g/mol. The predicted octanol–water partition coefficient (Wildman–Crippen LogP) is 0.299. The summed E-state index contributed by atoms with van der Waals surface area (Å²) in [5, 5.41) is 0. The van der Waals surface area contributed by atoms with E-state index in [0.717, 1.165) is 12.8 Å². The minimum absolute atomic E-state index is 0.384. The highest BCUT2D eigenvalue weighted by molar-refractivity contribution is 7.88. The summed E-state index contributed by atoms with van der Waals surface area (Å²) in [7, 11) is -3.15. The van der Waals surface area contributed by atoms with Crippen LogP contribution in [-0.4, -0.2) is 26.8 Å². The van der Waals surface area contributed by atoms with Gasteiger partial charge in [-0.1, -0.05) is 13.8 Å². The molecule has 0 amide bonds. The molecule has 14 heavy (non-hydrogen) atoms. The van der Waals surface area contributed by atoms with Gasteiger partial charge in [0.25, 0.3) is 0 Å². The summed E-state index contributed by atoms with van der Waals surface area (Å²) in [6.45, 7) is 4.67. The zero-order valence-electron chi connectivity index (χ0n) is 9.08. The Labute approximate surface area is 86.3 Å². The summed E-state index contributed by atoms with van der Waals surface area (Å²) >= 11 is 0. The number of hydrogen-bond donors (Lipinski definition) is 2. The van der Waals surface area contributed by atoms with Gasteiger partial charge in [0.05, 0.1) is 6.26 Å². The SMILES string of the molecule is CC1CC(CN)(NS(C)(=O)=O)CC1C. The van der Waals surface area contributed by atoms with Gasteiger partial charge in [0, 0.05) is 12.1 Å². The highest BCUT2D eigenvalue weighted by Crippen LogP contribution is 2.38. The summed E-state index contributed by atoms with van der Waals surface area (Å²) in [5.41, 5.74) is 5.28. The van der Waals surface area contributed by atoms with Crippen molar-refractivity contribution >= 4 is 10.0 Å². The molecule has 84 valence electrons. The third kappa shape index (κ3) is 2.68. The van der Waals surface area contributed by atoms with Gasteiger partial charge in [-0.25, -0.2) is 13.1 Å². The molecule has 3 N–H and O–H groups in total. The Kier molecular flexibility index (Phi) is 3.23. The molecule has 0 saturated heterocycles. The fourth-order valence-electron chi connectivity index (χ4n) is 2.40. The maximum absolute atomic E-state index is 11.2. The quantitative estimate of drug-likeness (QED) is 0.718. The summed E-state index contributed by atoms with van der Waals surface area (Å²) in [5.74, 6) is 1.07. The molecule has 1 aliphatic rings. The van der Waals surface area contributed by atoms with Crippen molar-refractivity contribution in [1.29, 1.82) is 0 Å². The Balaban J connectivity index is 2.80. The molecule has 0 heterocycles. The summed E-state index contributed by atoms with van der Waals surface area (Å²) in [4.78, 5) is 0. The first-order valence-electron chi connectivity index (χ1n) is 4.97. The minimum atomic E-state index is -3.15. The first kappa shape index (κ1) is 11.9. The van der Waals surface area contributed by atoms with E-state index < -0.39 is 15.6 Å². The minimum Gasteiger partial charge on any atom is -0.329 e. The maximum atomic E-state index is 11.2. The van der Waals surface area contributed by atoms with Gasteiger partial charge >= 0.3 is 0 Å². The normalized spacial score (nSPS) is 38.9. The second-order valence-corrected chi connectivity index (χ2v) is 6.47. The van der Waals surface area contributed by atoms with E-state index in [0.29, 0.717) is 18.4 Å². The maximum Gasteiger partial charge on any atom is 0.209 e. The lowest BCUT2D eigenvalue weighted by Crippen LogP contribution is -2.51. The third-order valence-corrected chi connectivity index (χ3v) is 3.99. The Morgan fingerprint density at radius 2 is 1.79 bits per heavy atom. The van der Waals surface area contributed by atoms with Crippen LogP contribution in [-0.2, 0) is 10.0 Å². The molecule has 5 heteroatoms. The first-order chi connectivity index (χ1) is 6.28. The Morgan fingerprint density at radius 3 is 2.07 bits per heavy atom. The number of rotatable bonds is 3. The van der Waals surface area contributed by atoms with Crippen molar-refractivity contribution in [2.75, 3.05) is 12.8 Å². The van der Waals surface area contributed by atoms with E-state index in [-0.39, 0.29) is 0 Å². The van der Waals surface area contributed by atoms with Crippen LogP contribution in [0.1, 0.15) is 26.7 Å². The van der Waals surface area contributed by atoms with Crippen LogP contribution in [0.5, 0.6) is 0 Å². The molecule has 1 rings (SSSR count). The lowest BCUT2D eigenvalue weighted by Gasteiger charge is -2.27. The average molecular weight is 220 g/mol. The largest absolute Gasteiger partial charge is 0.329 e. The topological polar surface area (TPSA) is 72.2 Å². The number of nitrogens with one attached hydrogen (secondary N) is 1. The molecule has 1 saturated carbocycles. The lowest BCUT2D eigenvalue weighted by atomic mass is 9.98. The van der Waals surface area contributed by atoms with E-state index in [2.05, 4.69) is 18.6 Å². The van der Waals surface area contributed by atoms with Crippen molar-refractivity contribution in [1.82, 2.24) is 4.72 Å². The van der Waals surface area contributed by atoms with Crippen LogP contribution in [0.2, 0.25) is 0 Å². The Hall–Kier alpha value is -0.130. The Morgan fingerprint density at radius 1 is 1.36 bits per heavy atom. The number of sulfonamides is 1. The van der Waals surface area contributed by atoms with Crippen molar-refractivity contribution in [3.05, 3.63) is 0 Å². The Bertz CT molecular complexity index is 290. The van der Waals surface area contributed by atoms with Crippen molar-refractivity contribution in [2.45, 2.75) is 32.2 Å². The van der Waals surface area contributed by atoms with Crippen LogP contribution in [0, 0.1) is 11.8 Å². The summed E-state index contributed by atoms with van der Waals surface area (Å²) in [6.07, 6.45) is 2.88. The monoisotopic (exact) mass is 220 g/mol. The predicted molar refractivity (Wildman–Crippen MR) is 57.3 cm³/mol. The fraction of sp³-hybridized carbons (Fsp3) is 1.00. The molecule has 1 aliphatic carbocycles. The van der Waals surface area contributed by atoms with Gasteiger partial charge in [-0.15, -0.1) is 0 Å². The van der Waals surface area contributed by atoms with Crippen LogP contribution < -0.4 is 10.5 Å². The molecule has 0 radical (unpaired) electrons. The third-order valence-electron chi connectivity index (χ3n) is 3.19. The van der Waals surface area contributed by atoms with Crippen molar-refractivity contribution < 1.29 is 8.42 Å². The smallest absolute Gasteiger partial charge is 0.209 e. The molecule has 2 unspecified atom stereocenters. The molecule has 0 spiro atoms. The molecule has 0 aromatic carbocycles. The van der Waals surface area contributed by atoms with Crippen LogP contribution in [0.15, 0.2) is 0 Å². The number of hydrogen-bond acceptors (Lipinski definition) is 3. The second-order valence-electron chi connectivity index (χ2n) is 4.72. The number of nitrogens with two attached hydrogens (primary N) is 1. The molecule has 0 aromatic heterocycles. The van der Waals surface area contributed by atoms with E-state index in [9.17, 15) is 8.42 Å². The molecule has 0 aromatic rings. The van der Waals surface area contributed by atoms with Gasteiger partial charge in [0.1, 0.15) is 0 Å². The highest BCUT2D eigenvalue weighted by atomic mass is 32.2. The van der Waals surface area contributed by atoms with Crippen molar-refractivity contribution in [3.8, 4) is 0 Å². The molecule has 1 fully saturated rings. The van der Waals surface area contributed by atoms with Gasteiger partial charge < -0.3 is 5.73 Å². The van der Waals surface area contributed by atoms with E-state index in [1.165, 1.54) is 6.26 Å². The highest BCUT2D eigenvalue weighted by Gasteiger charge is 2.42. The van der Waals surface area contributed by atoms with Gasteiger partial charge in [0.15, 0.2) is 0 Å². The molecular formula is C9H20N2O2S. The second kappa shape index (κ2) is 3.79. The van der Waals surface area contributed by atoms with E-state index >= 15 is 0 Å². The standard InChI is InChI=1S/C9H20N2O2S/c1-7-4-9(6-10,5-8(7)2)11-14(3,12)13/h7-8,11H,4-6,10H2,1-3H3. The zero-order chi connectivity index (χ0) is 11.0. The van der Waals surface area contributed by atoms with Crippen LogP contribution in [0.4, 0.5) is 0 Å². The molecule has 0 bridgehead atoms. The zero-order valence-corrected chi connectivity index (χ0v) is 9.89. The summed E-state index contributed by atoms with van der Waals surface area (Å²) in [6, 6.07) is 0. The van der Waals surface area contributed by atoms with E-state index in [1.54, 1.807) is 0 Å². The van der Waals surface area contributed by atoms with Crippen LogP contribution in [0.25, 0.3) is 0 Å². The lowest BCUT2D eigenvalue weighted by molar-refractivity contribution is 0.385. The van der Waals surface area contributed by atoms with E-state index in [4.69, 9.17) is 5.73 Å². The van der Waals surface area contributed by atoms with Crippen molar-refractivity contribution in [3.63, 3.8) is 0 Å². The van der Waals surface area contributed by atoms with Crippen LogP contribution in [0.3, 0.4) is 0 Å².